The van der Waals surface area contributed by atoms with E-state index in [-0.39, 0.29) is 0 Å². The van der Waals surface area contributed by atoms with Crippen LogP contribution in [-0.4, -0.2) is 16.5 Å². The Morgan fingerprint density at radius 3 is 2.38 bits per heavy atom. The second-order valence-electron chi connectivity index (χ2n) is 5.14. The van der Waals surface area contributed by atoms with Gasteiger partial charge in [-0.15, -0.1) is 0 Å². The Hall–Kier alpha value is -2.10. The van der Waals surface area contributed by atoms with E-state index in [0.29, 0.717) is 0 Å². The van der Waals surface area contributed by atoms with Gasteiger partial charge in [-0.25, -0.2) is 9.97 Å². The van der Waals surface area contributed by atoms with Crippen molar-refractivity contribution in [3.05, 3.63) is 41.7 Å². The van der Waals surface area contributed by atoms with Crippen molar-refractivity contribution in [2.24, 2.45) is 0 Å². The smallest absolute Gasteiger partial charge is 0.136 e. The van der Waals surface area contributed by atoms with E-state index in [4.69, 9.17) is 0 Å². The normalized spacial score (nSPS) is 10.4. The van der Waals surface area contributed by atoms with Gasteiger partial charge in [0.1, 0.15) is 17.5 Å². The average molecular weight is 284 g/mol. The lowest BCUT2D eigenvalue weighted by Gasteiger charge is -2.10. The van der Waals surface area contributed by atoms with Crippen molar-refractivity contribution in [3.8, 4) is 0 Å². The Balaban J connectivity index is 2.07. The molecule has 1 aromatic carbocycles. The summed E-state index contributed by atoms with van der Waals surface area (Å²) < 4.78 is 0. The molecule has 2 N–H and O–H groups in total. The largest absolute Gasteiger partial charge is 0.370 e. The topological polar surface area (TPSA) is 49.8 Å². The summed E-state index contributed by atoms with van der Waals surface area (Å²) >= 11 is 0. The van der Waals surface area contributed by atoms with E-state index in [0.717, 1.165) is 42.5 Å². The first-order valence-electron chi connectivity index (χ1n) is 7.66. The van der Waals surface area contributed by atoms with Crippen molar-refractivity contribution in [3.63, 3.8) is 0 Å². The number of aromatic nitrogens is 2. The zero-order chi connectivity index (χ0) is 15.1. The lowest BCUT2D eigenvalue weighted by Crippen LogP contribution is -2.06. The van der Waals surface area contributed by atoms with E-state index in [9.17, 15) is 0 Å². The molecule has 2 rings (SSSR count). The molecule has 0 saturated carbocycles. The molecule has 4 heteroatoms. The van der Waals surface area contributed by atoms with E-state index in [2.05, 4.69) is 58.7 Å². The van der Waals surface area contributed by atoms with E-state index in [1.165, 1.54) is 12.0 Å². The molecule has 0 aliphatic rings. The van der Waals surface area contributed by atoms with Crippen molar-refractivity contribution in [1.29, 1.82) is 0 Å². The SMILES string of the molecule is CCCCNc1cc(Nc2ccc(CC)cc2)nc(C)n1. The van der Waals surface area contributed by atoms with Gasteiger partial charge < -0.3 is 10.6 Å². The summed E-state index contributed by atoms with van der Waals surface area (Å²) in [4.78, 5) is 8.85. The Labute approximate surface area is 127 Å². The third-order valence-electron chi connectivity index (χ3n) is 3.31. The van der Waals surface area contributed by atoms with E-state index < -0.39 is 0 Å². The molecule has 0 radical (unpaired) electrons. The molecule has 0 aliphatic heterocycles. The molecule has 0 amide bonds. The molecule has 1 aromatic heterocycles. The fourth-order valence-corrected chi connectivity index (χ4v) is 2.09. The molecular formula is C17H24N4. The van der Waals surface area contributed by atoms with Gasteiger partial charge >= 0.3 is 0 Å². The molecule has 112 valence electrons. The predicted octanol–water partition coefficient (Wildman–Crippen LogP) is 4.30. The maximum atomic E-state index is 4.44. The first kappa shape index (κ1) is 15.3. The zero-order valence-electron chi connectivity index (χ0n) is 13.1. The van der Waals surface area contributed by atoms with Crippen molar-refractivity contribution < 1.29 is 0 Å². The average Bonchev–Trinajstić information content (AvgIpc) is 2.48. The minimum Gasteiger partial charge on any atom is -0.370 e. The van der Waals surface area contributed by atoms with Crippen LogP contribution in [0.25, 0.3) is 0 Å². The monoisotopic (exact) mass is 284 g/mol. The molecule has 0 spiro atoms. The van der Waals surface area contributed by atoms with Crippen LogP contribution in [-0.2, 0) is 6.42 Å². The van der Waals surface area contributed by atoms with E-state index in [1.807, 2.05) is 13.0 Å². The van der Waals surface area contributed by atoms with Crippen molar-refractivity contribution in [2.45, 2.75) is 40.0 Å². The van der Waals surface area contributed by atoms with Crippen LogP contribution in [0.15, 0.2) is 30.3 Å². The second-order valence-corrected chi connectivity index (χ2v) is 5.14. The van der Waals surface area contributed by atoms with Crippen molar-refractivity contribution in [2.75, 3.05) is 17.2 Å². The molecule has 0 fully saturated rings. The van der Waals surface area contributed by atoms with Crippen molar-refractivity contribution >= 4 is 17.3 Å². The van der Waals surface area contributed by atoms with Crippen LogP contribution in [0.1, 0.15) is 38.1 Å². The first-order chi connectivity index (χ1) is 10.2. The summed E-state index contributed by atoms with van der Waals surface area (Å²) in [6.45, 7) is 7.19. The third kappa shape index (κ3) is 4.74. The van der Waals surface area contributed by atoms with Gasteiger partial charge in [-0.05, 0) is 37.5 Å². The van der Waals surface area contributed by atoms with Crippen LogP contribution in [0.5, 0.6) is 0 Å². The van der Waals surface area contributed by atoms with Crippen LogP contribution in [0.2, 0.25) is 0 Å². The molecule has 1 heterocycles. The zero-order valence-corrected chi connectivity index (χ0v) is 13.1. The van der Waals surface area contributed by atoms with Gasteiger partial charge in [0.15, 0.2) is 0 Å². The highest BCUT2D eigenvalue weighted by Crippen LogP contribution is 2.18. The molecule has 0 atom stereocenters. The number of nitrogens with zero attached hydrogens (tertiary/aromatic N) is 2. The summed E-state index contributed by atoms with van der Waals surface area (Å²) in [7, 11) is 0. The van der Waals surface area contributed by atoms with Gasteiger partial charge in [0, 0.05) is 18.3 Å². The standard InChI is InChI=1S/C17H24N4/c1-4-6-11-18-16-12-17(20-13(3)19-16)21-15-9-7-14(5-2)8-10-15/h7-10,12H,4-6,11H2,1-3H3,(H2,18,19,20,21). The summed E-state index contributed by atoms with van der Waals surface area (Å²) in [6, 6.07) is 10.4. The van der Waals surface area contributed by atoms with Gasteiger partial charge in [0.25, 0.3) is 0 Å². The Morgan fingerprint density at radius 1 is 1.00 bits per heavy atom. The highest BCUT2D eigenvalue weighted by molar-refractivity contribution is 5.59. The summed E-state index contributed by atoms with van der Waals surface area (Å²) in [5, 5.41) is 6.68. The summed E-state index contributed by atoms with van der Waals surface area (Å²) in [5.41, 5.74) is 2.38. The number of hydrogen-bond donors (Lipinski definition) is 2. The van der Waals surface area contributed by atoms with Crippen LogP contribution >= 0.6 is 0 Å². The predicted molar refractivity (Wildman–Crippen MR) is 89.3 cm³/mol. The summed E-state index contributed by atoms with van der Waals surface area (Å²) in [6.07, 6.45) is 3.37. The number of benzene rings is 1. The van der Waals surface area contributed by atoms with Gasteiger partial charge in [-0.2, -0.15) is 0 Å². The van der Waals surface area contributed by atoms with Gasteiger partial charge in [-0.1, -0.05) is 32.4 Å². The highest BCUT2D eigenvalue weighted by Gasteiger charge is 2.02. The molecule has 0 aliphatic carbocycles. The van der Waals surface area contributed by atoms with E-state index in [1.54, 1.807) is 0 Å². The molecule has 0 bridgehead atoms. The Bertz CT molecular complexity index is 564. The molecule has 4 nitrogen and oxygen atoms in total. The molecule has 0 saturated heterocycles. The minimum absolute atomic E-state index is 0.768. The lowest BCUT2D eigenvalue weighted by atomic mass is 10.1. The highest BCUT2D eigenvalue weighted by atomic mass is 15.1. The van der Waals surface area contributed by atoms with Crippen LogP contribution in [0.3, 0.4) is 0 Å². The number of unbranched alkanes of at least 4 members (excludes halogenated alkanes) is 1. The fraction of sp³-hybridized carbons (Fsp3) is 0.412. The minimum atomic E-state index is 0.768. The number of anilines is 3. The third-order valence-corrected chi connectivity index (χ3v) is 3.31. The van der Waals surface area contributed by atoms with Crippen LogP contribution < -0.4 is 10.6 Å². The summed E-state index contributed by atoms with van der Waals surface area (Å²) in [5.74, 6) is 2.47. The van der Waals surface area contributed by atoms with Crippen molar-refractivity contribution in [1.82, 2.24) is 9.97 Å². The maximum Gasteiger partial charge on any atom is 0.136 e. The number of hydrogen-bond acceptors (Lipinski definition) is 4. The van der Waals surface area contributed by atoms with Crippen LogP contribution in [0, 0.1) is 6.92 Å². The first-order valence-corrected chi connectivity index (χ1v) is 7.66. The maximum absolute atomic E-state index is 4.44. The second kappa shape index (κ2) is 7.62. The van der Waals surface area contributed by atoms with Gasteiger partial charge in [-0.3, -0.25) is 0 Å². The van der Waals surface area contributed by atoms with Gasteiger partial charge in [0.2, 0.25) is 0 Å². The van der Waals surface area contributed by atoms with Gasteiger partial charge in [0.05, 0.1) is 0 Å². The molecule has 0 unspecified atom stereocenters. The molecular weight excluding hydrogens is 260 g/mol. The van der Waals surface area contributed by atoms with E-state index >= 15 is 0 Å². The lowest BCUT2D eigenvalue weighted by molar-refractivity contribution is 0.829. The number of aryl methyl sites for hydroxylation is 2. The quantitative estimate of drug-likeness (QED) is 0.744. The number of rotatable bonds is 7. The Morgan fingerprint density at radius 2 is 1.71 bits per heavy atom. The Kier molecular flexibility index (Phi) is 5.55. The fourth-order valence-electron chi connectivity index (χ4n) is 2.09. The molecule has 21 heavy (non-hydrogen) atoms. The molecule has 2 aromatic rings. The van der Waals surface area contributed by atoms with Crippen LogP contribution in [0.4, 0.5) is 17.3 Å². The number of nitrogens with one attached hydrogen (secondary N) is 2.